The average molecular weight is 487 g/mol. The first-order chi connectivity index (χ1) is 18.9. The molecule has 5 aromatic carbocycles. The number of nitrogens with zero attached hydrogens (tertiary/aromatic N) is 2. The zero-order valence-electron chi connectivity index (χ0n) is 21.0. The number of fused-ring (bicyclic) bond motifs is 6. The fourth-order valence-electron chi connectivity index (χ4n) is 6.31. The van der Waals surface area contributed by atoms with Gasteiger partial charge in [0.1, 0.15) is 0 Å². The van der Waals surface area contributed by atoms with Gasteiger partial charge in [-0.25, -0.2) is 0 Å². The van der Waals surface area contributed by atoms with Crippen molar-refractivity contribution in [2.75, 3.05) is 0 Å². The van der Waals surface area contributed by atoms with Crippen LogP contribution in [0.3, 0.4) is 0 Å². The maximum absolute atomic E-state index is 2.45. The predicted molar refractivity (Wildman–Crippen MR) is 162 cm³/mol. The fourth-order valence-corrected chi connectivity index (χ4v) is 6.31. The molecule has 38 heavy (non-hydrogen) atoms. The van der Waals surface area contributed by atoms with Crippen LogP contribution in [0.4, 0.5) is 0 Å². The summed E-state index contributed by atoms with van der Waals surface area (Å²) in [6.45, 7) is 0. The van der Waals surface area contributed by atoms with Crippen LogP contribution in [0.25, 0.3) is 60.6 Å². The SMILES string of the molecule is C1=C(c2ccc(-n3c4ccccc4c4ccccc43)cc2)CCC(n2c3ccccc3c3ccccc32)=C1. The Bertz CT molecular complexity index is 1960. The van der Waals surface area contributed by atoms with Crippen LogP contribution >= 0.6 is 0 Å². The number of aromatic nitrogens is 2. The normalized spacial score (nSPS) is 13.9. The topological polar surface area (TPSA) is 9.86 Å². The van der Waals surface area contributed by atoms with Gasteiger partial charge in [-0.1, -0.05) is 91.0 Å². The summed E-state index contributed by atoms with van der Waals surface area (Å²) in [5, 5.41) is 5.23. The van der Waals surface area contributed by atoms with Gasteiger partial charge in [0.15, 0.2) is 0 Å². The molecular formula is C36H26N2. The van der Waals surface area contributed by atoms with E-state index in [9.17, 15) is 0 Å². The van der Waals surface area contributed by atoms with Gasteiger partial charge in [0.2, 0.25) is 0 Å². The van der Waals surface area contributed by atoms with Crippen molar-refractivity contribution in [2.24, 2.45) is 0 Å². The molecule has 0 amide bonds. The van der Waals surface area contributed by atoms with E-state index >= 15 is 0 Å². The molecule has 1 aliphatic rings. The van der Waals surface area contributed by atoms with Gasteiger partial charge in [-0.05, 0) is 66.5 Å². The molecular weight excluding hydrogens is 460 g/mol. The second kappa shape index (κ2) is 8.36. The Morgan fingerprint density at radius 2 is 0.842 bits per heavy atom. The van der Waals surface area contributed by atoms with Crippen molar-refractivity contribution in [3.63, 3.8) is 0 Å². The quantitative estimate of drug-likeness (QED) is 0.235. The zero-order chi connectivity index (χ0) is 25.1. The van der Waals surface area contributed by atoms with Crippen LogP contribution in [0, 0.1) is 0 Å². The Morgan fingerprint density at radius 1 is 0.395 bits per heavy atom. The van der Waals surface area contributed by atoms with Gasteiger partial charge in [-0.15, -0.1) is 0 Å². The summed E-state index contributed by atoms with van der Waals surface area (Å²) in [5.74, 6) is 0. The monoisotopic (exact) mass is 486 g/mol. The van der Waals surface area contributed by atoms with Crippen LogP contribution in [0.2, 0.25) is 0 Å². The Morgan fingerprint density at radius 3 is 1.29 bits per heavy atom. The van der Waals surface area contributed by atoms with Gasteiger partial charge in [-0.3, -0.25) is 0 Å². The predicted octanol–water partition coefficient (Wildman–Crippen LogP) is 9.61. The van der Waals surface area contributed by atoms with Gasteiger partial charge in [0.05, 0.1) is 22.1 Å². The first-order valence-electron chi connectivity index (χ1n) is 13.3. The summed E-state index contributed by atoms with van der Waals surface area (Å²) >= 11 is 0. The summed E-state index contributed by atoms with van der Waals surface area (Å²) in [7, 11) is 0. The number of allylic oxidation sites excluding steroid dienone is 4. The van der Waals surface area contributed by atoms with Crippen LogP contribution in [-0.2, 0) is 0 Å². The van der Waals surface area contributed by atoms with Crippen LogP contribution < -0.4 is 0 Å². The maximum atomic E-state index is 2.45. The molecule has 0 unspecified atom stereocenters. The summed E-state index contributed by atoms with van der Waals surface area (Å²) in [6, 6.07) is 44.0. The molecule has 0 saturated heterocycles. The van der Waals surface area contributed by atoms with Crippen molar-refractivity contribution in [1.29, 1.82) is 0 Å². The Hall–Kier alpha value is -4.82. The molecule has 2 heterocycles. The van der Waals surface area contributed by atoms with E-state index in [1.54, 1.807) is 0 Å². The minimum absolute atomic E-state index is 1.02. The standard InChI is InChI=1S/C36H26N2/c1-5-13-33-29(9-1)30-10-2-6-14-34(30)37(33)27-21-17-25(18-22-27)26-19-23-28(24-20-26)38-35-15-7-3-11-31(35)32-12-4-8-16-36(32)38/h1-19,21-23H,20,24H2. The molecule has 1 aliphatic carbocycles. The lowest BCUT2D eigenvalue weighted by Crippen LogP contribution is -2.01. The van der Waals surface area contributed by atoms with E-state index in [-0.39, 0.29) is 0 Å². The van der Waals surface area contributed by atoms with Gasteiger partial charge >= 0.3 is 0 Å². The van der Waals surface area contributed by atoms with E-state index in [4.69, 9.17) is 0 Å². The molecule has 7 aromatic rings. The summed E-state index contributed by atoms with van der Waals surface area (Å²) in [5.41, 5.74) is 10.3. The maximum Gasteiger partial charge on any atom is 0.0541 e. The van der Waals surface area contributed by atoms with Crippen LogP contribution in [0.5, 0.6) is 0 Å². The van der Waals surface area contributed by atoms with Crippen LogP contribution in [-0.4, -0.2) is 9.13 Å². The molecule has 8 rings (SSSR count). The highest BCUT2D eigenvalue weighted by molar-refractivity contribution is 6.10. The minimum Gasteiger partial charge on any atom is -0.313 e. The number of rotatable bonds is 3. The number of para-hydroxylation sites is 4. The van der Waals surface area contributed by atoms with E-state index in [2.05, 4.69) is 143 Å². The van der Waals surface area contributed by atoms with E-state index in [0.717, 1.165) is 12.8 Å². The number of hydrogen-bond donors (Lipinski definition) is 0. The van der Waals surface area contributed by atoms with E-state index in [1.165, 1.54) is 66.1 Å². The molecule has 0 bridgehead atoms. The van der Waals surface area contributed by atoms with Crippen LogP contribution in [0.15, 0.2) is 133 Å². The average Bonchev–Trinajstić information content (AvgIpc) is 3.51. The lowest BCUT2D eigenvalue weighted by molar-refractivity contribution is 0.992. The summed E-state index contributed by atoms with van der Waals surface area (Å²) in [6.07, 6.45) is 6.68. The number of hydrogen-bond acceptors (Lipinski definition) is 0. The van der Waals surface area contributed by atoms with E-state index in [0.29, 0.717) is 0 Å². The van der Waals surface area contributed by atoms with Gasteiger partial charge < -0.3 is 9.13 Å². The van der Waals surface area contributed by atoms with Crippen molar-refractivity contribution < 1.29 is 0 Å². The van der Waals surface area contributed by atoms with Crippen molar-refractivity contribution in [1.82, 2.24) is 9.13 Å². The molecule has 0 spiro atoms. The van der Waals surface area contributed by atoms with Gasteiger partial charge in [0, 0.05) is 32.9 Å². The minimum atomic E-state index is 1.02. The Labute approximate surface area is 221 Å². The lowest BCUT2D eigenvalue weighted by Gasteiger charge is -2.18. The third-order valence-corrected chi connectivity index (χ3v) is 8.07. The molecule has 0 saturated carbocycles. The molecule has 0 atom stereocenters. The fraction of sp³-hybridized carbons (Fsp3) is 0.0556. The van der Waals surface area contributed by atoms with Gasteiger partial charge in [-0.2, -0.15) is 0 Å². The number of benzene rings is 5. The summed E-state index contributed by atoms with van der Waals surface area (Å²) in [4.78, 5) is 0. The van der Waals surface area contributed by atoms with Crippen LogP contribution in [0.1, 0.15) is 18.4 Å². The molecule has 2 heteroatoms. The molecule has 180 valence electrons. The van der Waals surface area contributed by atoms with E-state index in [1.807, 2.05) is 0 Å². The molecule has 0 radical (unpaired) electrons. The highest BCUT2D eigenvalue weighted by Crippen LogP contribution is 2.37. The molecule has 2 nitrogen and oxygen atoms in total. The largest absolute Gasteiger partial charge is 0.313 e. The first-order valence-corrected chi connectivity index (χ1v) is 13.3. The van der Waals surface area contributed by atoms with Crippen molar-refractivity contribution >= 4 is 54.9 Å². The van der Waals surface area contributed by atoms with E-state index < -0.39 is 0 Å². The lowest BCUT2D eigenvalue weighted by atomic mass is 9.95. The third-order valence-electron chi connectivity index (χ3n) is 8.07. The van der Waals surface area contributed by atoms with Gasteiger partial charge in [0.25, 0.3) is 0 Å². The van der Waals surface area contributed by atoms with Crippen molar-refractivity contribution in [3.05, 3.63) is 139 Å². The highest BCUT2D eigenvalue weighted by atomic mass is 15.0. The summed E-state index contributed by atoms with van der Waals surface area (Å²) < 4.78 is 4.83. The van der Waals surface area contributed by atoms with Crippen molar-refractivity contribution in [3.8, 4) is 5.69 Å². The Balaban J connectivity index is 1.18. The second-order valence-corrected chi connectivity index (χ2v) is 10.1. The smallest absolute Gasteiger partial charge is 0.0541 e. The zero-order valence-corrected chi connectivity index (χ0v) is 21.0. The molecule has 0 aliphatic heterocycles. The highest BCUT2D eigenvalue weighted by Gasteiger charge is 2.16. The molecule has 0 fully saturated rings. The molecule has 0 N–H and O–H groups in total. The Kier molecular flexibility index (Phi) is 4.68. The third kappa shape index (κ3) is 3.13. The molecule has 2 aromatic heterocycles. The second-order valence-electron chi connectivity index (χ2n) is 10.1. The van der Waals surface area contributed by atoms with Crippen molar-refractivity contribution in [2.45, 2.75) is 12.8 Å². The first kappa shape index (κ1) is 21.3.